The predicted octanol–water partition coefficient (Wildman–Crippen LogP) is 4.52. The van der Waals surface area contributed by atoms with Crippen molar-refractivity contribution >= 4 is 51.0 Å². The molecule has 0 unspecified atom stereocenters. The van der Waals surface area contributed by atoms with Crippen molar-refractivity contribution in [3.63, 3.8) is 0 Å². The summed E-state index contributed by atoms with van der Waals surface area (Å²) >= 11 is 9.15. The number of benzene rings is 2. The maximum atomic E-state index is 11.0. The van der Waals surface area contributed by atoms with Gasteiger partial charge in [0.1, 0.15) is 5.75 Å². The van der Waals surface area contributed by atoms with Crippen LogP contribution >= 0.6 is 27.5 Å². The first-order valence-corrected chi connectivity index (χ1v) is 7.22. The lowest BCUT2D eigenvalue weighted by Gasteiger charge is -2.04. The molecule has 0 fully saturated rings. The SMILES string of the molecule is CC(=O)Nc1cccc(N=Cc2cc(Cl)cc(Br)c2O)c1. The molecule has 6 heteroatoms. The van der Waals surface area contributed by atoms with E-state index in [0.717, 1.165) is 0 Å². The average molecular weight is 368 g/mol. The van der Waals surface area contributed by atoms with E-state index < -0.39 is 0 Å². The molecule has 21 heavy (non-hydrogen) atoms. The minimum atomic E-state index is -0.146. The van der Waals surface area contributed by atoms with Crippen molar-refractivity contribution in [1.29, 1.82) is 0 Å². The second-order valence-electron chi connectivity index (χ2n) is 4.32. The Morgan fingerprint density at radius 1 is 1.38 bits per heavy atom. The number of hydrogen-bond donors (Lipinski definition) is 2. The quantitative estimate of drug-likeness (QED) is 0.784. The Balaban J connectivity index is 2.27. The van der Waals surface area contributed by atoms with Crippen LogP contribution in [0.5, 0.6) is 5.75 Å². The fraction of sp³-hybridized carbons (Fsp3) is 0.0667. The van der Waals surface area contributed by atoms with Gasteiger partial charge in [-0.3, -0.25) is 9.79 Å². The highest BCUT2D eigenvalue weighted by Crippen LogP contribution is 2.31. The summed E-state index contributed by atoms with van der Waals surface area (Å²) in [7, 11) is 0. The molecule has 2 rings (SSSR count). The Kier molecular flexibility index (Phi) is 4.98. The van der Waals surface area contributed by atoms with Gasteiger partial charge in [0, 0.05) is 29.4 Å². The number of aromatic hydroxyl groups is 1. The molecule has 2 aromatic carbocycles. The molecule has 0 saturated heterocycles. The molecule has 0 radical (unpaired) electrons. The van der Waals surface area contributed by atoms with Crippen LogP contribution in [0.25, 0.3) is 0 Å². The number of aliphatic imine (C=N–C) groups is 1. The Morgan fingerprint density at radius 3 is 2.86 bits per heavy atom. The number of anilines is 1. The van der Waals surface area contributed by atoms with E-state index in [0.29, 0.717) is 26.4 Å². The van der Waals surface area contributed by atoms with Crippen LogP contribution in [0.4, 0.5) is 11.4 Å². The maximum Gasteiger partial charge on any atom is 0.221 e. The highest BCUT2D eigenvalue weighted by molar-refractivity contribution is 9.10. The van der Waals surface area contributed by atoms with Gasteiger partial charge in [0.2, 0.25) is 5.91 Å². The molecular formula is C15H12BrClN2O2. The summed E-state index contributed by atoms with van der Waals surface area (Å²) < 4.78 is 0.503. The predicted molar refractivity (Wildman–Crippen MR) is 88.8 cm³/mol. The van der Waals surface area contributed by atoms with Gasteiger partial charge in [-0.05, 0) is 46.3 Å². The van der Waals surface area contributed by atoms with Gasteiger partial charge in [0.25, 0.3) is 0 Å². The highest BCUT2D eigenvalue weighted by atomic mass is 79.9. The van der Waals surface area contributed by atoms with Crippen LogP contribution in [-0.4, -0.2) is 17.2 Å². The van der Waals surface area contributed by atoms with E-state index in [2.05, 4.69) is 26.2 Å². The molecule has 0 bridgehead atoms. The van der Waals surface area contributed by atoms with Gasteiger partial charge in [0.15, 0.2) is 0 Å². The van der Waals surface area contributed by atoms with Crippen LogP contribution in [-0.2, 0) is 4.79 Å². The first-order chi connectivity index (χ1) is 9.95. The standard InChI is InChI=1S/C15H12BrClN2O2/c1-9(20)19-13-4-2-3-12(7-13)18-8-10-5-11(17)6-14(16)15(10)21/h2-8,21H,1H3,(H,19,20). The number of hydrogen-bond acceptors (Lipinski definition) is 3. The summed E-state index contributed by atoms with van der Waals surface area (Å²) in [6, 6.07) is 10.3. The van der Waals surface area contributed by atoms with E-state index >= 15 is 0 Å². The fourth-order valence-electron chi connectivity index (χ4n) is 1.70. The Hall–Kier alpha value is -1.85. The van der Waals surface area contributed by atoms with Crippen molar-refractivity contribution < 1.29 is 9.90 Å². The first-order valence-electron chi connectivity index (χ1n) is 6.05. The van der Waals surface area contributed by atoms with E-state index in [9.17, 15) is 9.90 Å². The Morgan fingerprint density at radius 2 is 2.14 bits per heavy atom. The number of carbonyl (C=O) groups excluding carboxylic acids is 1. The molecule has 108 valence electrons. The van der Waals surface area contributed by atoms with Crippen molar-refractivity contribution in [2.45, 2.75) is 6.92 Å². The van der Waals surface area contributed by atoms with Crippen molar-refractivity contribution in [3.8, 4) is 5.75 Å². The van der Waals surface area contributed by atoms with Crippen LogP contribution in [0.15, 0.2) is 45.9 Å². The fourth-order valence-corrected chi connectivity index (χ4v) is 2.53. The molecule has 2 N–H and O–H groups in total. The number of nitrogens with one attached hydrogen (secondary N) is 1. The van der Waals surface area contributed by atoms with Crippen LogP contribution in [0.1, 0.15) is 12.5 Å². The molecule has 0 atom stereocenters. The number of halogens is 2. The lowest BCUT2D eigenvalue weighted by molar-refractivity contribution is -0.114. The van der Waals surface area contributed by atoms with E-state index in [1.54, 1.807) is 36.4 Å². The molecule has 0 spiro atoms. The smallest absolute Gasteiger partial charge is 0.221 e. The van der Waals surface area contributed by atoms with Gasteiger partial charge in [-0.1, -0.05) is 17.7 Å². The molecule has 4 nitrogen and oxygen atoms in total. The number of amides is 1. The summed E-state index contributed by atoms with van der Waals surface area (Å²) in [5.74, 6) is -0.0753. The summed E-state index contributed by atoms with van der Waals surface area (Å²) in [6.07, 6.45) is 1.51. The van der Waals surface area contributed by atoms with Crippen molar-refractivity contribution in [2.75, 3.05) is 5.32 Å². The summed E-state index contributed by atoms with van der Waals surface area (Å²) in [6.45, 7) is 1.44. The van der Waals surface area contributed by atoms with E-state index in [-0.39, 0.29) is 11.7 Å². The minimum absolute atomic E-state index is 0.0705. The largest absolute Gasteiger partial charge is 0.506 e. The molecule has 0 heterocycles. The van der Waals surface area contributed by atoms with Crippen molar-refractivity contribution in [2.24, 2.45) is 4.99 Å². The molecule has 1 amide bonds. The number of phenols is 1. The van der Waals surface area contributed by atoms with Crippen LogP contribution in [0, 0.1) is 0 Å². The second kappa shape index (κ2) is 6.74. The highest BCUT2D eigenvalue weighted by Gasteiger charge is 2.05. The second-order valence-corrected chi connectivity index (χ2v) is 5.61. The molecule has 0 saturated carbocycles. The lowest BCUT2D eigenvalue weighted by atomic mass is 10.2. The summed E-state index contributed by atoms with van der Waals surface area (Å²) in [5, 5.41) is 13.1. The van der Waals surface area contributed by atoms with Gasteiger partial charge in [0.05, 0.1) is 10.2 Å². The van der Waals surface area contributed by atoms with E-state index in [4.69, 9.17) is 11.6 Å². The Bertz CT molecular complexity index is 717. The topological polar surface area (TPSA) is 61.7 Å². The number of carbonyl (C=O) groups is 1. The average Bonchev–Trinajstić information content (AvgIpc) is 2.41. The van der Waals surface area contributed by atoms with E-state index in [1.807, 2.05) is 0 Å². The zero-order valence-corrected chi connectivity index (χ0v) is 13.4. The third-order valence-electron chi connectivity index (χ3n) is 2.58. The van der Waals surface area contributed by atoms with Gasteiger partial charge >= 0.3 is 0 Å². The third kappa shape index (κ3) is 4.31. The van der Waals surface area contributed by atoms with Gasteiger partial charge in [-0.15, -0.1) is 0 Å². The van der Waals surface area contributed by atoms with Crippen molar-refractivity contribution in [3.05, 3.63) is 51.5 Å². The number of phenolic OH excluding ortho intramolecular Hbond substituents is 1. The third-order valence-corrected chi connectivity index (χ3v) is 3.40. The summed E-state index contributed by atoms with van der Waals surface area (Å²) in [4.78, 5) is 15.3. The van der Waals surface area contributed by atoms with Crippen LogP contribution < -0.4 is 5.32 Å². The normalized spacial score (nSPS) is 10.8. The zero-order chi connectivity index (χ0) is 15.4. The monoisotopic (exact) mass is 366 g/mol. The van der Waals surface area contributed by atoms with Crippen LogP contribution in [0.3, 0.4) is 0 Å². The van der Waals surface area contributed by atoms with Crippen molar-refractivity contribution in [1.82, 2.24) is 0 Å². The number of nitrogens with zero attached hydrogens (tertiary/aromatic N) is 1. The van der Waals surface area contributed by atoms with Gasteiger partial charge in [-0.2, -0.15) is 0 Å². The molecular weight excluding hydrogens is 356 g/mol. The number of rotatable bonds is 3. The van der Waals surface area contributed by atoms with Gasteiger partial charge < -0.3 is 10.4 Å². The minimum Gasteiger partial charge on any atom is -0.506 e. The Labute approximate surface area is 135 Å². The lowest BCUT2D eigenvalue weighted by Crippen LogP contribution is -2.05. The molecule has 0 aliphatic carbocycles. The van der Waals surface area contributed by atoms with E-state index in [1.165, 1.54) is 13.1 Å². The maximum absolute atomic E-state index is 11.0. The summed E-state index contributed by atoms with van der Waals surface area (Å²) in [5.41, 5.74) is 1.81. The molecule has 0 aliphatic heterocycles. The molecule has 2 aromatic rings. The molecule has 0 aromatic heterocycles. The molecule has 0 aliphatic rings. The van der Waals surface area contributed by atoms with Gasteiger partial charge in [-0.25, -0.2) is 0 Å². The first kappa shape index (κ1) is 15.5. The zero-order valence-electron chi connectivity index (χ0n) is 11.1. The van der Waals surface area contributed by atoms with Crippen LogP contribution in [0.2, 0.25) is 5.02 Å².